The largest absolute Gasteiger partial charge is 0.356 e. The fourth-order valence-electron chi connectivity index (χ4n) is 2.47. The number of halogens is 1. The maximum Gasteiger partial charge on any atom is 0.191 e. The molecule has 1 aromatic rings. The third-order valence-corrected chi connectivity index (χ3v) is 4.80. The second-order valence-electron chi connectivity index (χ2n) is 5.80. The first-order chi connectivity index (χ1) is 11.1. The first-order valence-corrected chi connectivity index (χ1v) is 9.52. The van der Waals surface area contributed by atoms with Crippen molar-refractivity contribution in [1.29, 1.82) is 0 Å². The number of aromatic nitrogens is 1. The van der Waals surface area contributed by atoms with E-state index >= 15 is 0 Å². The quantitative estimate of drug-likeness (QED) is 0.239. The molecule has 0 saturated heterocycles. The zero-order valence-corrected chi connectivity index (χ0v) is 19.0. The van der Waals surface area contributed by atoms with Crippen LogP contribution in [0, 0.1) is 13.8 Å². The molecular weight excluding hydrogens is 433 g/mol. The molecule has 0 fully saturated rings. The molecule has 1 heterocycles. The van der Waals surface area contributed by atoms with Crippen LogP contribution in [0.15, 0.2) is 4.99 Å². The average molecular weight is 467 g/mol. The molecule has 5 nitrogen and oxygen atoms in total. The second-order valence-corrected chi connectivity index (χ2v) is 7.08. The van der Waals surface area contributed by atoms with Gasteiger partial charge in [-0.05, 0) is 52.7 Å². The van der Waals surface area contributed by atoms with Gasteiger partial charge in [-0.1, -0.05) is 13.8 Å². The van der Waals surface area contributed by atoms with Crippen molar-refractivity contribution in [2.45, 2.75) is 53.5 Å². The number of rotatable bonds is 10. The lowest BCUT2D eigenvalue weighted by molar-refractivity contribution is 0.271. The topological polar surface area (TPSA) is 52.5 Å². The van der Waals surface area contributed by atoms with Crippen molar-refractivity contribution in [1.82, 2.24) is 20.5 Å². The van der Waals surface area contributed by atoms with Crippen LogP contribution in [0.5, 0.6) is 0 Å². The van der Waals surface area contributed by atoms with E-state index in [2.05, 4.69) is 53.2 Å². The molecule has 2 N–H and O–H groups in total. The Morgan fingerprint density at radius 2 is 1.79 bits per heavy atom. The third-order valence-electron chi connectivity index (χ3n) is 3.73. The molecule has 0 aliphatic rings. The molecule has 0 amide bonds. The molecule has 0 spiro atoms. The summed E-state index contributed by atoms with van der Waals surface area (Å²) in [6.07, 6.45) is 3.59. The highest BCUT2D eigenvalue weighted by atomic mass is 127. The van der Waals surface area contributed by atoms with E-state index in [1.54, 1.807) is 11.3 Å². The minimum absolute atomic E-state index is 0. The lowest BCUT2D eigenvalue weighted by Gasteiger charge is -2.21. The van der Waals surface area contributed by atoms with Crippen LogP contribution in [-0.2, 0) is 6.54 Å². The first-order valence-electron chi connectivity index (χ1n) is 8.70. The number of guanidine groups is 1. The Morgan fingerprint density at radius 1 is 1.12 bits per heavy atom. The summed E-state index contributed by atoms with van der Waals surface area (Å²) in [5.74, 6) is 0.855. The van der Waals surface area contributed by atoms with Crippen molar-refractivity contribution in [3.63, 3.8) is 0 Å². The van der Waals surface area contributed by atoms with Crippen LogP contribution in [0.3, 0.4) is 0 Å². The molecule has 0 unspecified atom stereocenters. The zero-order chi connectivity index (χ0) is 17.1. The smallest absolute Gasteiger partial charge is 0.191 e. The van der Waals surface area contributed by atoms with Gasteiger partial charge in [0.05, 0.1) is 12.2 Å². The zero-order valence-electron chi connectivity index (χ0n) is 15.8. The Kier molecular flexibility index (Phi) is 13.6. The number of hydrogen-bond acceptors (Lipinski definition) is 4. The standard InChI is InChI=1S/C17H33N5S.HI/c1-6-10-22(11-7-2)12-8-9-19-17(18-5)20-13-16-21-14(3)15(4)23-16;/h6-13H2,1-5H3,(H2,18,19,20);1H. The van der Waals surface area contributed by atoms with E-state index in [9.17, 15) is 0 Å². The summed E-state index contributed by atoms with van der Waals surface area (Å²) in [4.78, 5) is 12.7. The minimum atomic E-state index is 0. The Hall–Kier alpha value is -0.410. The third kappa shape index (κ3) is 9.17. The van der Waals surface area contributed by atoms with Crippen molar-refractivity contribution in [2.24, 2.45) is 4.99 Å². The van der Waals surface area contributed by atoms with Crippen molar-refractivity contribution in [2.75, 3.05) is 33.2 Å². The Labute approximate surface area is 168 Å². The van der Waals surface area contributed by atoms with Gasteiger partial charge < -0.3 is 15.5 Å². The van der Waals surface area contributed by atoms with E-state index in [1.165, 1.54) is 30.8 Å². The van der Waals surface area contributed by atoms with Crippen molar-refractivity contribution >= 4 is 41.3 Å². The summed E-state index contributed by atoms with van der Waals surface area (Å²) in [7, 11) is 1.81. The van der Waals surface area contributed by atoms with Gasteiger partial charge in [0.1, 0.15) is 5.01 Å². The Morgan fingerprint density at radius 3 is 2.29 bits per heavy atom. The normalized spacial score (nSPS) is 11.5. The van der Waals surface area contributed by atoms with E-state index in [-0.39, 0.29) is 24.0 Å². The van der Waals surface area contributed by atoms with Gasteiger partial charge in [-0.15, -0.1) is 35.3 Å². The first kappa shape index (κ1) is 23.6. The average Bonchev–Trinajstić information content (AvgIpc) is 2.85. The molecule has 0 aliphatic carbocycles. The molecule has 140 valence electrons. The van der Waals surface area contributed by atoms with Gasteiger partial charge in [0.15, 0.2) is 5.96 Å². The molecule has 0 atom stereocenters. The van der Waals surface area contributed by atoms with Gasteiger partial charge >= 0.3 is 0 Å². The molecule has 0 radical (unpaired) electrons. The van der Waals surface area contributed by atoms with Crippen LogP contribution >= 0.6 is 35.3 Å². The summed E-state index contributed by atoms with van der Waals surface area (Å²) in [5, 5.41) is 7.84. The number of aryl methyl sites for hydroxylation is 2. The van der Waals surface area contributed by atoms with Gasteiger partial charge in [0.25, 0.3) is 0 Å². The highest BCUT2D eigenvalue weighted by Gasteiger charge is 2.05. The maximum atomic E-state index is 4.54. The lowest BCUT2D eigenvalue weighted by atomic mass is 10.3. The van der Waals surface area contributed by atoms with Crippen molar-refractivity contribution in [3.05, 3.63) is 15.6 Å². The number of nitrogens with zero attached hydrogens (tertiary/aromatic N) is 3. The van der Waals surface area contributed by atoms with Crippen molar-refractivity contribution < 1.29 is 0 Å². The van der Waals surface area contributed by atoms with E-state index in [1.807, 2.05) is 7.05 Å². The summed E-state index contributed by atoms with van der Waals surface area (Å²) < 4.78 is 0. The molecule has 1 aromatic heterocycles. The van der Waals surface area contributed by atoms with Crippen LogP contribution in [0.25, 0.3) is 0 Å². The Balaban J connectivity index is 0.00000529. The van der Waals surface area contributed by atoms with Gasteiger partial charge in [0, 0.05) is 18.5 Å². The number of thiazole rings is 1. The predicted molar refractivity (Wildman–Crippen MR) is 117 cm³/mol. The van der Waals surface area contributed by atoms with Gasteiger partial charge in [0.2, 0.25) is 0 Å². The van der Waals surface area contributed by atoms with Gasteiger partial charge in [-0.2, -0.15) is 0 Å². The fraction of sp³-hybridized carbons (Fsp3) is 0.765. The van der Waals surface area contributed by atoms with Gasteiger partial charge in [-0.25, -0.2) is 4.98 Å². The van der Waals surface area contributed by atoms with E-state index in [0.717, 1.165) is 42.7 Å². The fourth-order valence-corrected chi connectivity index (χ4v) is 3.35. The maximum absolute atomic E-state index is 4.54. The van der Waals surface area contributed by atoms with Gasteiger partial charge in [-0.3, -0.25) is 4.99 Å². The molecule has 0 saturated carbocycles. The summed E-state index contributed by atoms with van der Waals surface area (Å²) >= 11 is 1.75. The SMILES string of the molecule is CCCN(CCC)CCCNC(=NC)NCc1nc(C)c(C)s1.I. The van der Waals surface area contributed by atoms with E-state index in [4.69, 9.17) is 0 Å². The molecule has 24 heavy (non-hydrogen) atoms. The second kappa shape index (κ2) is 13.8. The highest BCUT2D eigenvalue weighted by Crippen LogP contribution is 2.15. The lowest BCUT2D eigenvalue weighted by Crippen LogP contribution is -2.38. The number of hydrogen-bond donors (Lipinski definition) is 2. The van der Waals surface area contributed by atoms with E-state index < -0.39 is 0 Å². The molecule has 0 aromatic carbocycles. The van der Waals surface area contributed by atoms with Crippen LogP contribution in [0.1, 0.15) is 48.7 Å². The Bertz CT molecular complexity index is 450. The predicted octanol–water partition coefficient (Wildman–Crippen LogP) is 3.56. The summed E-state index contributed by atoms with van der Waals surface area (Å²) in [6, 6.07) is 0. The molecule has 0 aliphatic heterocycles. The van der Waals surface area contributed by atoms with Crippen LogP contribution < -0.4 is 10.6 Å². The van der Waals surface area contributed by atoms with E-state index in [0.29, 0.717) is 0 Å². The summed E-state index contributed by atoms with van der Waals surface area (Å²) in [5.41, 5.74) is 1.13. The highest BCUT2D eigenvalue weighted by molar-refractivity contribution is 14.0. The molecular formula is C17H34IN5S. The summed E-state index contributed by atoms with van der Waals surface area (Å²) in [6.45, 7) is 13.9. The minimum Gasteiger partial charge on any atom is -0.356 e. The van der Waals surface area contributed by atoms with Crippen molar-refractivity contribution in [3.8, 4) is 0 Å². The monoisotopic (exact) mass is 467 g/mol. The molecule has 1 rings (SSSR count). The number of nitrogens with one attached hydrogen (secondary N) is 2. The van der Waals surface area contributed by atoms with Crippen LogP contribution in [0.2, 0.25) is 0 Å². The molecule has 0 bridgehead atoms. The molecule has 7 heteroatoms. The number of aliphatic imine (C=N–C) groups is 1. The van der Waals surface area contributed by atoms with Crippen LogP contribution in [-0.4, -0.2) is 49.1 Å². The van der Waals surface area contributed by atoms with Crippen LogP contribution in [0.4, 0.5) is 0 Å².